The van der Waals surface area contributed by atoms with E-state index < -0.39 is 0 Å². The maximum absolute atomic E-state index is 11.9. The van der Waals surface area contributed by atoms with Gasteiger partial charge >= 0.3 is 0 Å². The van der Waals surface area contributed by atoms with E-state index in [1.807, 2.05) is 11.3 Å². The second-order valence-electron chi connectivity index (χ2n) is 7.16. The van der Waals surface area contributed by atoms with Crippen LogP contribution in [0, 0.1) is 5.92 Å². The van der Waals surface area contributed by atoms with Crippen LogP contribution in [0.2, 0.25) is 0 Å². The van der Waals surface area contributed by atoms with E-state index in [0.717, 1.165) is 57.8 Å². The first-order valence-corrected chi connectivity index (χ1v) is 9.53. The summed E-state index contributed by atoms with van der Waals surface area (Å²) >= 11 is 1.98. The molecular formula is C18H28N2OS. The van der Waals surface area contributed by atoms with Crippen molar-refractivity contribution in [1.82, 2.24) is 9.80 Å². The van der Waals surface area contributed by atoms with Gasteiger partial charge in [0, 0.05) is 48.4 Å². The summed E-state index contributed by atoms with van der Waals surface area (Å²) in [5.74, 6) is 1.12. The molecule has 2 saturated heterocycles. The molecule has 0 saturated carbocycles. The third kappa shape index (κ3) is 3.90. The number of likely N-dealkylation sites (tertiary alicyclic amines) is 2. The number of amides is 1. The van der Waals surface area contributed by atoms with Crippen molar-refractivity contribution in [3.05, 3.63) is 21.9 Å². The first-order valence-electron chi connectivity index (χ1n) is 8.71. The van der Waals surface area contributed by atoms with Gasteiger partial charge in [-0.15, -0.1) is 11.3 Å². The van der Waals surface area contributed by atoms with Gasteiger partial charge in [-0.3, -0.25) is 9.69 Å². The number of hydrogen-bond donors (Lipinski definition) is 0. The fourth-order valence-corrected chi connectivity index (χ4v) is 4.96. The van der Waals surface area contributed by atoms with Crippen LogP contribution in [-0.4, -0.2) is 41.4 Å². The first kappa shape index (κ1) is 16.0. The number of carbonyl (C=O) groups is 1. The fraction of sp³-hybridized carbons (Fsp3) is 0.722. The van der Waals surface area contributed by atoms with Crippen LogP contribution < -0.4 is 0 Å². The van der Waals surface area contributed by atoms with Crippen LogP contribution in [0.1, 0.15) is 49.3 Å². The van der Waals surface area contributed by atoms with Gasteiger partial charge in [-0.2, -0.15) is 0 Å². The molecule has 2 aliphatic rings. The minimum atomic E-state index is 0.384. The summed E-state index contributed by atoms with van der Waals surface area (Å²) < 4.78 is 0. The Morgan fingerprint density at radius 3 is 2.55 bits per heavy atom. The molecular weight excluding hydrogens is 292 g/mol. The molecule has 1 amide bonds. The molecule has 3 nitrogen and oxygen atoms in total. The van der Waals surface area contributed by atoms with Gasteiger partial charge in [0.15, 0.2) is 0 Å². The van der Waals surface area contributed by atoms with Crippen LogP contribution in [0.4, 0.5) is 0 Å². The van der Waals surface area contributed by atoms with E-state index in [4.69, 9.17) is 0 Å². The molecule has 22 heavy (non-hydrogen) atoms. The van der Waals surface area contributed by atoms with Crippen LogP contribution in [0.15, 0.2) is 12.1 Å². The highest BCUT2D eigenvalue weighted by molar-refractivity contribution is 7.11. The molecule has 0 unspecified atom stereocenters. The number of nitrogens with zero attached hydrogens (tertiary/aromatic N) is 2. The topological polar surface area (TPSA) is 23.6 Å². The number of hydrogen-bond acceptors (Lipinski definition) is 3. The Balaban J connectivity index is 1.47. The molecule has 0 aliphatic carbocycles. The minimum Gasteiger partial charge on any atom is -0.340 e. The molecule has 0 spiro atoms. The average Bonchev–Trinajstić information content (AvgIpc) is 3.08. The quantitative estimate of drug-likeness (QED) is 0.828. The standard InChI is InChI=1S/C18H28N2OS/c1-14(2)12-16-5-6-17(22-16)13-19-10-7-15(8-11-19)20-9-3-4-18(20)21/h5-6,14-15H,3-4,7-13H2,1-2H3. The first-order chi connectivity index (χ1) is 10.6. The van der Waals surface area contributed by atoms with Gasteiger partial charge in [0.2, 0.25) is 5.91 Å². The molecule has 0 N–H and O–H groups in total. The molecule has 3 rings (SSSR count). The van der Waals surface area contributed by atoms with Gasteiger partial charge < -0.3 is 4.90 Å². The Bertz CT molecular complexity index is 503. The zero-order chi connectivity index (χ0) is 15.5. The zero-order valence-electron chi connectivity index (χ0n) is 13.9. The van der Waals surface area contributed by atoms with Crippen LogP contribution in [0.25, 0.3) is 0 Å². The lowest BCUT2D eigenvalue weighted by Crippen LogP contribution is -2.45. The lowest BCUT2D eigenvalue weighted by atomic mass is 10.0. The van der Waals surface area contributed by atoms with Crippen LogP contribution in [0.5, 0.6) is 0 Å². The normalized spacial score (nSPS) is 21.2. The summed E-state index contributed by atoms with van der Waals surface area (Å²) in [5, 5.41) is 0. The molecule has 1 aromatic rings. The summed E-state index contributed by atoms with van der Waals surface area (Å²) in [6.45, 7) is 8.90. The maximum Gasteiger partial charge on any atom is 0.222 e. The van der Waals surface area contributed by atoms with Gasteiger partial charge in [0.25, 0.3) is 0 Å². The SMILES string of the molecule is CC(C)Cc1ccc(CN2CCC(N3CCCC3=O)CC2)s1. The largest absolute Gasteiger partial charge is 0.340 e. The van der Waals surface area contributed by atoms with Crippen molar-refractivity contribution in [3.63, 3.8) is 0 Å². The lowest BCUT2D eigenvalue weighted by molar-refractivity contribution is -0.130. The van der Waals surface area contributed by atoms with E-state index >= 15 is 0 Å². The van der Waals surface area contributed by atoms with Gasteiger partial charge in [-0.1, -0.05) is 13.8 Å². The monoisotopic (exact) mass is 320 g/mol. The van der Waals surface area contributed by atoms with Gasteiger partial charge in [0.05, 0.1) is 0 Å². The van der Waals surface area contributed by atoms with Crippen molar-refractivity contribution in [3.8, 4) is 0 Å². The molecule has 0 atom stereocenters. The average molecular weight is 321 g/mol. The molecule has 2 aliphatic heterocycles. The molecule has 2 fully saturated rings. The Morgan fingerprint density at radius 2 is 1.91 bits per heavy atom. The second kappa shape index (κ2) is 7.14. The Labute approximate surface area is 138 Å². The summed E-state index contributed by atoms with van der Waals surface area (Å²) in [6.07, 6.45) is 5.33. The predicted octanol–water partition coefficient (Wildman–Crippen LogP) is 3.53. The predicted molar refractivity (Wildman–Crippen MR) is 92.1 cm³/mol. The number of carbonyl (C=O) groups excluding carboxylic acids is 1. The third-order valence-electron chi connectivity index (χ3n) is 4.81. The van der Waals surface area contributed by atoms with E-state index in [-0.39, 0.29) is 0 Å². The van der Waals surface area contributed by atoms with E-state index in [1.165, 1.54) is 16.2 Å². The molecule has 122 valence electrons. The molecule has 1 aromatic heterocycles. The Hall–Kier alpha value is -0.870. The Morgan fingerprint density at radius 1 is 1.18 bits per heavy atom. The van der Waals surface area contributed by atoms with Gasteiger partial charge in [-0.25, -0.2) is 0 Å². The van der Waals surface area contributed by atoms with E-state index in [0.29, 0.717) is 11.9 Å². The van der Waals surface area contributed by atoms with Gasteiger partial charge in [0.1, 0.15) is 0 Å². The van der Waals surface area contributed by atoms with Crippen molar-refractivity contribution >= 4 is 17.2 Å². The highest BCUT2D eigenvalue weighted by atomic mass is 32.1. The molecule has 0 radical (unpaired) electrons. The van der Waals surface area contributed by atoms with Crippen LogP contribution in [-0.2, 0) is 17.8 Å². The number of rotatable bonds is 5. The highest BCUT2D eigenvalue weighted by Crippen LogP contribution is 2.25. The summed E-state index contributed by atoms with van der Waals surface area (Å²) in [6, 6.07) is 5.11. The van der Waals surface area contributed by atoms with E-state index in [9.17, 15) is 4.79 Å². The smallest absolute Gasteiger partial charge is 0.222 e. The molecule has 0 bridgehead atoms. The lowest BCUT2D eigenvalue weighted by Gasteiger charge is -2.36. The number of piperidine rings is 1. The van der Waals surface area contributed by atoms with Crippen molar-refractivity contribution in [1.29, 1.82) is 0 Å². The highest BCUT2D eigenvalue weighted by Gasteiger charge is 2.30. The van der Waals surface area contributed by atoms with Crippen molar-refractivity contribution < 1.29 is 4.79 Å². The number of thiophene rings is 1. The van der Waals surface area contributed by atoms with Crippen LogP contribution >= 0.6 is 11.3 Å². The minimum absolute atomic E-state index is 0.384. The van der Waals surface area contributed by atoms with E-state index in [1.54, 1.807) is 0 Å². The van der Waals surface area contributed by atoms with Crippen LogP contribution in [0.3, 0.4) is 0 Å². The second-order valence-corrected chi connectivity index (χ2v) is 8.42. The third-order valence-corrected chi connectivity index (χ3v) is 5.91. The van der Waals surface area contributed by atoms with E-state index in [2.05, 4.69) is 35.8 Å². The molecule has 0 aromatic carbocycles. The summed E-state index contributed by atoms with van der Waals surface area (Å²) in [4.78, 5) is 19.6. The van der Waals surface area contributed by atoms with Crippen molar-refractivity contribution in [2.75, 3.05) is 19.6 Å². The summed E-state index contributed by atoms with van der Waals surface area (Å²) in [5.41, 5.74) is 0. The molecule has 3 heterocycles. The van der Waals surface area contributed by atoms with Gasteiger partial charge in [-0.05, 0) is 43.7 Å². The van der Waals surface area contributed by atoms with Crippen molar-refractivity contribution in [2.45, 2.75) is 58.5 Å². The van der Waals surface area contributed by atoms with Crippen molar-refractivity contribution in [2.24, 2.45) is 5.92 Å². The molecule has 4 heteroatoms. The fourth-order valence-electron chi connectivity index (χ4n) is 3.68. The summed E-state index contributed by atoms with van der Waals surface area (Å²) in [7, 11) is 0. The Kier molecular flexibility index (Phi) is 5.19. The maximum atomic E-state index is 11.9. The zero-order valence-corrected chi connectivity index (χ0v) is 14.7.